The molecule has 0 unspecified atom stereocenters. The maximum absolute atomic E-state index is 12.2. The van der Waals surface area contributed by atoms with E-state index in [1.54, 1.807) is 36.4 Å². The lowest BCUT2D eigenvalue weighted by atomic mass is 10.2. The number of nitrogens with zero attached hydrogens (tertiary/aromatic N) is 1. The molecule has 24 heavy (non-hydrogen) atoms. The number of ether oxygens (including phenoxy) is 2. The Kier molecular flexibility index (Phi) is 4.77. The SMILES string of the molecule is CCc1ccc(S(=O)(=O)NN=Cc2cc3c(cc2Br)OCO3)cc1. The van der Waals surface area contributed by atoms with Crippen LogP contribution in [0.25, 0.3) is 0 Å². The van der Waals surface area contributed by atoms with Crippen molar-refractivity contribution in [1.29, 1.82) is 0 Å². The van der Waals surface area contributed by atoms with Gasteiger partial charge in [-0.05, 0) is 52.2 Å². The molecule has 0 bridgehead atoms. The molecule has 2 aromatic carbocycles. The van der Waals surface area contributed by atoms with Gasteiger partial charge in [0.05, 0.1) is 11.1 Å². The first kappa shape index (κ1) is 16.8. The van der Waals surface area contributed by atoms with Crippen LogP contribution in [0.2, 0.25) is 0 Å². The maximum Gasteiger partial charge on any atom is 0.276 e. The smallest absolute Gasteiger partial charge is 0.276 e. The molecule has 0 amide bonds. The molecular weight excluding hydrogens is 396 g/mol. The molecule has 1 heterocycles. The second-order valence-electron chi connectivity index (χ2n) is 5.08. The molecule has 8 heteroatoms. The van der Waals surface area contributed by atoms with Gasteiger partial charge in [-0.25, -0.2) is 4.83 Å². The molecule has 1 N–H and O–H groups in total. The van der Waals surface area contributed by atoms with Crippen LogP contribution in [0.5, 0.6) is 11.5 Å². The van der Waals surface area contributed by atoms with Crippen molar-refractivity contribution in [3.8, 4) is 11.5 Å². The fourth-order valence-electron chi connectivity index (χ4n) is 2.15. The van der Waals surface area contributed by atoms with Gasteiger partial charge < -0.3 is 9.47 Å². The molecule has 0 radical (unpaired) electrons. The van der Waals surface area contributed by atoms with Crippen LogP contribution in [0.4, 0.5) is 0 Å². The van der Waals surface area contributed by atoms with Crippen LogP contribution < -0.4 is 14.3 Å². The number of rotatable bonds is 5. The third-order valence-electron chi connectivity index (χ3n) is 3.51. The predicted octanol–water partition coefficient (Wildman–Crippen LogP) is 3.05. The zero-order valence-corrected chi connectivity index (χ0v) is 15.2. The topological polar surface area (TPSA) is 77.0 Å². The normalized spacial score (nSPS) is 13.4. The molecule has 1 aliphatic heterocycles. The molecule has 0 fully saturated rings. The van der Waals surface area contributed by atoms with E-state index in [0.29, 0.717) is 17.1 Å². The van der Waals surface area contributed by atoms with Crippen LogP contribution in [0, 0.1) is 0 Å². The average Bonchev–Trinajstić information content (AvgIpc) is 3.02. The Hall–Kier alpha value is -2.06. The van der Waals surface area contributed by atoms with E-state index in [2.05, 4.69) is 25.9 Å². The van der Waals surface area contributed by atoms with Crippen LogP contribution in [0.1, 0.15) is 18.1 Å². The minimum atomic E-state index is -3.70. The predicted molar refractivity (Wildman–Crippen MR) is 94.0 cm³/mol. The summed E-state index contributed by atoms with van der Waals surface area (Å²) in [4.78, 5) is 2.37. The van der Waals surface area contributed by atoms with E-state index in [0.717, 1.165) is 16.5 Å². The number of fused-ring (bicyclic) bond motifs is 1. The van der Waals surface area contributed by atoms with Crippen molar-refractivity contribution in [2.45, 2.75) is 18.2 Å². The molecule has 3 rings (SSSR count). The van der Waals surface area contributed by atoms with Gasteiger partial charge in [-0.2, -0.15) is 13.5 Å². The third kappa shape index (κ3) is 3.54. The highest BCUT2D eigenvalue weighted by Gasteiger charge is 2.16. The van der Waals surface area contributed by atoms with Crippen LogP contribution >= 0.6 is 15.9 Å². The van der Waals surface area contributed by atoms with E-state index in [-0.39, 0.29) is 11.7 Å². The van der Waals surface area contributed by atoms with Gasteiger partial charge in [0.15, 0.2) is 11.5 Å². The van der Waals surface area contributed by atoms with E-state index in [1.165, 1.54) is 6.21 Å². The number of hydrazone groups is 1. The summed E-state index contributed by atoms with van der Waals surface area (Å²) in [6.07, 6.45) is 2.26. The fraction of sp³-hybridized carbons (Fsp3) is 0.188. The lowest BCUT2D eigenvalue weighted by Gasteiger charge is -2.05. The highest BCUT2D eigenvalue weighted by molar-refractivity contribution is 9.10. The molecule has 0 saturated carbocycles. The number of aryl methyl sites for hydroxylation is 1. The molecule has 1 aliphatic rings. The summed E-state index contributed by atoms with van der Waals surface area (Å²) < 4.78 is 35.7. The van der Waals surface area contributed by atoms with E-state index in [9.17, 15) is 8.42 Å². The van der Waals surface area contributed by atoms with Crippen molar-refractivity contribution in [2.24, 2.45) is 5.10 Å². The standard InChI is InChI=1S/C16H15BrN2O4S/c1-2-11-3-5-13(6-4-11)24(20,21)19-18-9-12-7-15-16(8-14(12)17)23-10-22-15/h3-9,19H,2,10H2,1H3. The Balaban J connectivity index is 1.75. The summed E-state index contributed by atoms with van der Waals surface area (Å²) in [5.41, 5.74) is 1.74. The molecule has 6 nitrogen and oxygen atoms in total. The summed E-state index contributed by atoms with van der Waals surface area (Å²) in [7, 11) is -3.70. The Bertz CT molecular complexity index is 880. The van der Waals surface area contributed by atoms with Crippen molar-refractivity contribution < 1.29 is 17.9 Å². The van der Waals surface area contributed by atoms with Crippen LogP contribution in [-0.4, -0.2) is 21.4 Å². The molecule has 0 saturated heterocycles. The van der Waals surface area contributed by atoms with Crippen molar-refractivity contribution in [2.75, 3.05) is 6.79 Å². The molecule has 2 aromatic rings. The zero-order chi connectivity index (χ0) is 17.2. The third-order valence-corrected chi connectivity index (χ3v) is 5.44. The second-order valence-corrected chi connectivity index (χ2v) is 7.59. The first-order valence-corrected chi connectivity index (χ1v) is 9.50. The fourth-order valence-corrected chi connectivity index (χ4v) is 3.37. The summed E-state index contributed by atoms with van der Waals surface area (Å²) in [6.45, 7) is 2.18. The minimum absolute atomic E-state index is 0.168. The van der Waals surface area contributed by atoms with E-state index in [4.69, 9.17) is 9.47 Å². The lowest BCUT2D eigenvalue weighted by molar-refractivity contribution is 0.174. The van der Waals surface area contributed by atoms with Gasteiger partial charge in [0.25, 0.3) is 10.0 Å². The van der Waals surface area contributed by atoms with Crippen LogP contribution in [0.15, 0.2) is 50.9 Å². The van der Waals surface area contributed by atoms with E-state index >= 15 is 0 Å². The van der Waals surface area contributed by atoms with Crippen molar-refractivity contribution in [1.82, 2.24) is 4.83 Å². The van der Waals surface area contributed by atoms with Crippen LogP contribution in [0.3, 0.4) is 0 Å². The molecule has 0 atom stereocenters. The highest BCUT2D eigenvalue weighted by Crippen LogP contribution is 2.36. The number of hydrogen-bond acceptors (Lipinski definition) is 5. The van der Waals surface area contributed by atoms with Gasteiger partial charge >= 0.3 is 0 Å². The van der Waals surface area contributed by atoms with Crippen molar-refractivity contribution in [3.05, 3.63) is 52.0 Å². The molecule has 126 valence electrons. The van der Waals surface area contributed by atoms with Gasteiger partial charge in [-0.1, -0.05) is 19.1 Å². The number of hydrogen-bond donors (Lipinski definition) is 1. The van der Waals surface area contributed by atoms with Crippen molar-refractivity contribution >= 4 is 32.2 Å². The van der Waals surface area contributed by atoms with Crippen molar-refractivity contribution in [3.63, 3.8) is 0 Å². The van der Waals surface area contributed by atoms with Gasteiger partial charge in [0, 0.05) is 10.0 Å². The monoisotopic (exact) mass is 410 g/mol. The van der Waals surface area contributed by atoms with Gasteiger partial charge in [0.2, 0.25) is 6.79 Å². The minimum Gasteiger partial charge on any atom is -0.454 e. The highest BCUT2D eigenvalue weighted by atomic mass is 79.9. The Morgan fingerprint density at radius 3 is 2.54 bits per heavy atom. The lowest BCUT2D eigenvalue weighted by Crippen LogP contribution is -2.18. The zero-order valence-electron chi connectivity index (χ0n) is 12.8. The maximum atomic E-state index is 12.2. The summed E-state index contributed by atoms with van der Waals surface area (Å²) >= 11 is 3.39. The second kappa shape index (κ2) is 6.82. The van der Waals surface area contributed by atoms with Gasteiger partial charge in [-0.15, -0.1) is 0 Å². The number of nitrogens with one attached hydrogen (secondary N) is 1. The number of halogens is 1. The van der Waals surface area contributed by atoms with Gasteiger partial charge in [0.1, 0.15) is 0 Å². The number of sulfonamides is 1. The molecular formula is C16H15BrN2O4S. The average molecular weight is 411 g/mol. The Morgan fingerprint density at radius 2 is 1.88 bits per heavy atom. The van der Waals surface area contributed by atoms with E-state index < -0.39 is 10.0 Å². The molecule has 0 aromatic heterocycles. The number of benzene rings is 2. The first-order valence-electron chi connectivity index (χ1n) is 7.22. The molecule has 0 aliphatic carbocycles. The summed E-state index contributed by atoms with van der Waals surface area (Å²) in [5.74, 6) is 1.23. The Morgan fingerprint density at radius 1 is 1.21 bits per heavy atom. The Labute approximate surface area is 148 Å². The van der Waals surface area contributed by atoms with Gasteiger partial charge in [-0.3, -0.25) is 0 Å². The van der Waals surface area contributed by atoms with Crippen LogP contribution in [-0.2, 0) is 16.4 Å². The molecule has 0 spiro atoms. The largest absolute Gasteiger partial charge is 0.454 e. The first-order chi connectivity index (χ1) is 11.5. The quantitative estimate of drug-likeness (QED) is 0.606. The summed E-state index contributed by atoms with van der Waals surface area (Å²) in [5, 5.41) is 3.83. The van der Waals surface area contributed by atoms with E-state index in [1.807, 2.05) is 6.92 Å². The summed E-state index contributed by atoms with van der Waals surface area (Å²) in [6, 6.07) is 10.2.